The minimum absolute atomic E-state index is 0.143. The summed E-state index contributed by atoms with van der Waals surface area (Å²) in [4.78, 5) is 46.0. The number of benzene rings is 2. The predicted molar refractivity (Wildman–Crippen MR) is 158 cm³/mol. The molecule has 0 bridgehead atoms. The maximum Gasteiger partial charge on any atom is 0.280 e. The van der Waals surface area contributed by atoms with E-state index in [1.54, 1.807) is 41.4 Å². The van der Waals surface area contributed by atoms with E-state index in [2.05, 4.69) is 15.3 Å². The Labute approximate surface area is 246 Å². The Morgan fingerprint density at radius 3 is 2.44 bits per heavy atom. The van der Waals surface area contributed by atoms with Crippen LogP contribution < -0.4 is 19.9 Å². The summed E-state index contributed by atoms with van der Waals surface area (Å²) in [5, 5.41) is 3.87. The van der Waals surface area contributed by atoms with Gasteiger partial charge in [0.25, 0.3) is 11.8 Å². The van der Waals surface area contributed by atoms with Gasteiger partial charge in [-0.05, 0) is 50.6 Å². The number of nitrogens with one attached hydrogen (secondary N) is 1. The third kappa shape index (κ3) is 3.74. The van der Waals surface area contributed by atoms with E-state index in [0.29, 0.717) is 55.9 Å². The Morgan fingerprint density at radius 1 is 1.05 bits per heavy atom. The molecule has 0 radical (unpaired) electrons. The standard InChI is InChI=1S/C29H27Cl2N7O3/c1-14(2)37-23-22(34-24(37)18-13-32-28(36(4)5)35-25(18)41-6)26(39)38(21-12-17(31)8-7-15(21)3)29(23)19-10-9-16(30)11-20(19)33-27(29)40/h7-14H,1-6H3,(H,33,40)/t29-/m0/s1. The maximum atomic E-state index is 14.5. The maximum absolute atomic E-state index is 14.5. The number of carbonyl (C=O) groups excluding carboxylic acids is 2. The van der Waals surface area contributed by atoms with E-state index in [1.807, 2.05) is 45.5 Å². The highest BCUT2D eigenvalue weighted by molar-refractivity contribution is 6.32. The fourth-order valence-electron chi connectivity index (χ4n) is 5.71. The van der Waals surface area contributed by atoms with E-state index >= 15 is 0 Å². The molecule has 0 fully saturated rings. The van der Waals surface area contributed by atoms with Crippen molar-refractivity contribution < 1.29 is 14.3 Å². The van der Waals surface area contributed by atoms with Crippen LogP contribution in [0.2, 0.25) is 10.0 Å². The first-order valence-electron chi connectivity index (χ1n) is 12.9. The fourth-order valence-corrected chi connectivity index (χ4v) is 6.05. The van der Waals surface area contributed by atoms with Gasteiger partial charge in [0.1, 0.15) is 5.82 Å². The molecule has 2 aliphatic heterocycles. The van der Waals surface area contributed by atoms with Crippen LogP contribution in [-0.2, 0) is 10.3 Å². The molecule has 210 valence electrons. The lowest BCUT2D eigenvalue weighted by Gasteiger charge is -2.36. The van der Waals surface area contributed by atoms with Gasteiger partial charge >= 0.3 is 0 Å². The molecule has 10 nitrogen and oxygen atoms in total. The number of amides is 2. The van der Waals surface area contributed by atoms with Gasteiger partial charge in [0.05, 0.1) is 24.1 Å². The molecule has 12 heteroatoms. The minimum atomic E-state index is -1.59. The zero-order valence-electron chi connectivity index (χ0n) is 23.3. The number of hydrogen-bond acceptors (Lipinski definition) is 7. The second-order valence-corrected chi connectivity index (χ2v) is 11.4. The first kappa shape index (κ1) is 27.0. The average Bonchev–Trinajstić information content (AvgIpc) is 3.53. The van der Waals surface area contributed by atoms with Crippen LogP contribution in [0.3, 0.4) is 0 Å². The molecule has 4 aromatic rings. The number of halogens is 2. The second-order valence-electron chi connectivity index (χ2n) is 10.5. The van der Waals surface area contributed by atoms with Gasteiger partial charge in [-0.2, -0.15) is 4.98 Å². The summed E-state index contributed by atoms with van der Waals surface area (Å²) in [5.41, 5.74) is 1.85. The molecule has 2 amide bonds. The van der Waals surface area contributed by atoms with Crippen molar-refractivity contribution in [3.63, 3.8) is 0 Å². The molecule has 1 spiro atoms. The van der Waals surface area contributed by atoms with Crippen molar-refractivity contribution in [3.8, 4) is 17.3 Å². The first-order chi connectivity index (χ1) is 19.5. The normalized spacial score (nSPS) is 17.3. The molecular formula is C29H27Cl2N7O3. The number of imidazole rings is 1. The third-order valence-electron chi connectivity index (χ3n) is 7.45. The molecule has 2 aliphatic rings. The summed E-state index contributed by atoms with van der Waals surface area (Å²) in [6.07, 6.45) is 1.62. The number of methoxy groups -OCH3 is 1. The van der Waals surface area contributed by atoms with Crippen molar-refractivity contribution in [1.29, 1.82) is 0 Å². The van der Waals surface area contributed by atoms with E-state index in [1.165, 1.54) is 12.0 Å². The summed E-state index contributed by atoms with van der Waals surface area (Å²) in [5.74, 6) is 0.324. The Morgan fingerprint density at radius 2 is 1.76 bits per heavy atom. The number of aryl methyl sites for hydroxylation is 1. The zero-order valence-corrected chi connectivity index (χ0v) is 24.8. The molecule has 41 heavy (non-hydrogen) atoms. The lowest BCUT2D eigenvalue weighted by atomic mass is 9.86. The molecule has 1 N–H and O–H groups in total. The Balaban J connectivity index is 1.72. The smallest absolute Gasteiger partial charge is 0.280 e. The summed E-state index contributed by atoms with van der Waals surface area (Å²) < 4.78 is 7.54. The summed E-state index contributed by atoms with van der Waals surface area (Å²) >= 11 is 12.8. The van der Waals surface area contributed by atoms with Crippen LogP contribution in [0.25, 0.3) is 11.4 Å². The van der Waals surface area contributed by atoms with E-state index in [0.717, 1.165) is 5.56 Å². The van der Waals surface area contributed by atoms with Gasteiger partial charge < -0.3 is 19.5 Å². The fraction of sp³-hybridized carbons (Fsp3) is 0.276. The van der Waals surface area contributed by atoms with E-state index in [-0.39, 0.29) is 11.7 Å². The number of rotatable bonds is 5. The highest BCUT2D eigenvalue weighted by Gasteiger charge is 2.64. The van der Waals surface area contributed by atoms with Crippen LogP contribution in [0.4, 0.5) is 17.3 Å². The summed E-state index contributed by atoms with van der Waals surface area (Å²) in [6, 6.07) is 10.2. The van der Waals surface area contributed by atoms with Crippen LogP contribution in [-0.4, -0.2) is 52.5 Å². The van der Waals surface area contributed by atoms with Crippen LogP contribution in [0.15, 0.2) is 42.6 Å². The highest BCUT2D eigenvalue weighted by Crippen LogP contribution is 2.55. The number of nitrogens with zero attached hydrogens (tertiary/aromatic N) is 6. The monoisotopic (exact) mass is 591 g/mol. The van der Waals surface area contributed by atoms with Crippen LogP contribution in [0, 0.1) is 6.92 Å². The van der Waals surface area contributed by atoms with Gasteiger partial charge in [0, 0.05) is 47.6 Å². The molecule has 0 unspecified atom stereocenters. The van der Waals surface area contributed by atoms with E-state index in [9.17, 15) is 9.59 Å². The quantitative estimate of drug-likeness (QED) is 0.328. The average molecular weight is 592 g/mol. The molecule has 0 saturated heterocycles. The van der Waals surface area contributed by atoms with Gasteiger partial charge in [-0.15, -0.1) is 0 Å². The Kier molecular flexibility index (Phi) is 6.24. The lowest BCUT2D eigenvalue weighted by Crippen LogP contribution is -2.51. The van der Waals surface area contributed by atoms with E-state index in [4.69, 9.17) is 32.9 Å². The molecule has 2 aromatic heterocycles. The van der Waals surface area contributed by atoms with Crippen LogP contribution >= 0.6 is 23.2 Å². The summed E-state index contributed by atoms with van der Waals surface area (Å²) in [7, 11) is 5.17. The SMILES string of the molecule is COc1nc(N(C)C)ncc1-c1nc2c(n1C(C)C)[C@@]1(C(=O)Nc3cc(Cl)ccc31)N(c1cc(Cl)ccc1C)C2=O. The van der Waals surface area contributed by atoms with Crippen molar-refractivity contribution in [1.82, 2.24) is 19.5 Å². The first-order valence-corrected chi connectivity index (χ1v) is 13.7. The second kappa shape index (κ2) is 9.46. The highest BCUT2D eigenvalue weighted by atomic mass is 35.5. The summed E-state index contributed by atoms with van der Waals surface area (Å²) in [6.45, 7) is 5.80. The number of ether oxygens (including phenoxy) is 1. The van der Waals surface area contributed by atoms with Crippen LogP contribution in [0.5, 0.6) is 5.88 Å². The van der Waals surface area contributed by atoms with Gasteiger partial charge in [-0.1, -0.05) is 35.3 Å². The van der Waals surface area contributed by atoms with Crippen molar-refractivity contribution in [3.05, 3.63) is 75.2 Å². The van der Waals surface area contributed by atoms with Crippen molar-refractivity contribution in [2.24, 2.45) is 0 Å². The van der Waals surface area contributed by atoms with E-state index < -0.39 is 17.4 Å². The van der Waals surface area contributed by atoms with Crippen molar-refractivity contribution in [2.45, 2.75) is 32.4 Å². The molecular weight excluding hydrogens is 565 g/mol. The molecule has 2 aromatic carbocycles. The lowest BCUT2D eigenvalue weighted by molar-refractivity contribution is -0.119. The number of anilines is 3. The molecule has 1 atom stereocenters. The number of fused-ring (bicyclic) bond motifs is 4. The van der Waals surface area contributed by atoms with Crippen molar-refractivity contribution in [2.75, 3.05) is 36.3 Å². The topological polar surface area (TPSA) is 105 Å². The zero-order chi connectivity index (χ0) is 29.4. The van der Waals surface area contributed by atoms with Gasteiger partial charge in [0.15, 0.2) is 11.2 Å². The molecule has 0 aliphatic carbocycles. The molecule has 4 heterocycles. The minimum Gasteiger partial charge on any atom is -0.480 e. The van der Waals surface area contributed by atoms with Crippen LogP contribution in [0.1, 0.15) is 47.2 Å². The molecule has 0 saturated carbocycles. The predicted octanol–water partition coefficient (Wildman–Crippen LogP) is 5.47. The largest absolute Gasteiger partial charge is 0.480 e. The van der Waals surface area contributed by atoms with Gasteiger partial charge in [0.2, 0.25) is 11.8 Å². The Bertz CT molecular complexity index is 1770. The Hall–Kier alpha value is -4.15. The van der Waals surface area contributed by atoms with Gasteiger partial charge in [-0.25, -0.2) is 9.97 Å². The third-order valence-corrected chi connectivity index (χ3v) is 7.92. The number of aromatic nitrogens is 4. The van der Waals surface area contributed by atoms with Gasteiger partial charge in [-0.3, -0.25) is 14.5 Å². The number of hydrogen-bond donors (Lipinski definition) is 1. The molecule has 6 rings (SSSR count). The van der Waals surface area contributed by atoms with Crippen molar-refractivity contribution >= 4 is 52.3 Å². The number of carbonyl (C=O) groups is 2.